The van der Waals surface area contributed by atoms with Gasteiger partial charge in [-0.1, -0.05) is 42.5 Å². The third-order valence-corrected chi connectivity index (χ3v) is 8.11. The van der Waals surface area contributed by atoms with Gasteiger partial charge in [-0.3, -0.25) is 9.59 Å². The fourth-order valence-electron chi connectivity index (χ4n) is 4.88. The normalized spacial score (nSPS) is 12.0. The van der Waals surface area contributed by atoms with Crippen LogP contribution in [-0.2, 0) is 37.7 Å². The van der Waals surface area contributed by atoms with Crippen molar-refractivity contribution in [3.8, 4) is 5.75 Å². The lowest BCUT2D eigenvalue weighted by atomic mass is 10.0. The van der Waals surface area contributed by atoms with Crippen LogP contribution >= 0.6 is 11.8 Å². The second-order valence-electron chi connectivity index (χ2n) is 11.6. The first-order chi connectivity index (χ1) is 21.5. The molecule has 4 aromatic rings. The molecule has 0 saturated carbocycles. The Morgan fingerprint density at radius 3 is 2.38 bits per heavy atom. The van der Waals surface area contributed by atoms with Gasteiger partial charge in [0.05, 0.1) is 25.2 Å². The summed E-state index contributed by atoms with van der Waals surface area (Å²) in [6.07, 6.45) is -0.219. The lowest BCUT2D eigenvalue weighted by Crippen LogP contribution is -2.50. The smallest absolute Gasteiger partial charge is 0.408 e. The molecule has 3 aromatic carbocycles. The summed E-state index contributed by atoms with van der Waals surface area (Å²) in [6.45, 7) is 7.46. The van der Waals surface area contributed by atoms with Gasteiger partial charge in [-0.15, -0.1) is 11.8 Å². The number of benzene rings is 3. The number of aromatic amines is 1. The Hall–Kier alpha value is -4.44. The third kappa shape index (κ3) is 9.28. The van der Waals surface area contributed by atoms with E-state index in [2.05, 4.69) is 10.3 Å². The van der Waals surface area contributed by atoms with E-state index in [-0.39, 0.29) is 24.7 Å². The molecular weight excluding hydrogens is 590 g/mol. The van der Waals surface area contributed by atoms with E-state index in [0.29, 0.717) is 23.8 Å². The molecule has 0 unspecified atom stereocenters. The van der Waals surface area contributed by atoms with Gasteiger partial charge < -0.3 is 29.4 Å². The molecule has 9 nitrogen and oxygen atoms in total. The van der Waals surface area contributed by atoms with Gasteiger partial charge in [0, 0.05) is 41.4 Å². The van der Waals surface area contributed by atoms with Crippen molar-refractivity contribution in [3.05, 3.63) is 89.5 Å². The van der Waals surface area contributed by atoms with E-state index in [0.717, 1.165) is 32.6 Å². The minimum absolute atomic E-state index is 0.183. The van der Waals surface area contributed by atoms with E-state index in [1.54, 1.807) is 77.9 Å². The zero-order valence-corrected chi connectivity index (χ0v) is 27.5. The van der Waals surface area contributed by atoms with Crippen LogP contribution < -0.4 is 15.0 Å². The molecule has 1 heterocycles. The maximum Gasteiger partial charge on any atom is 0.408 e. The number of aromatic nitrogens is 1. The molecule has 2 amide bonds. The number of hydrogen-bond acceptors (Lipinski definition) is 7. The monoisotopic (exact) mass is 631 g/mol. The number of para-hydroxylation sites is 1. The number of fused-ring (bicyclic) bond motifs is 1. The molecule has 238 valence electrons. The van der Waals surface area contributed by atoms with E-state index in [4.69, 9.17) is 14.2 Å². The van der Waals surface area contributed by atoms with Crippen LogP contribution in [0.25, 0.3) is 10.9 Å². The summed E-state index contributed by atoms with van der Waals surface area (Å²) in [6, 6.07) is 22.1. The van der Waals surface area contributed by atoms with E-state index < -0.39 is 17.7 Å². The molecule has 0 spiro atoms. The molecule has 2 N–H and O–H groups in total. The summed E-state index contributed by atoms with van der Waals surface area (Å²) in [5.74, 6) is 0.755. The van der Waals surface area contributed by atoms with Crippen molar-refractivity contribution in [2.24, 2.45) is 0 Å². The number of alkyl carbamates (subject to hydrolysis) is 1. The Kier molecular flexibility index (Phi) is 11.2. The SMILES string of the molecule is CCOC(=O)Cc1c(SCc2cccc(C[C@H](NC(=O)OC(C)(C)C)C(=O)N(C)c3ccc(OC)cc3)c2)[nH]c2ccccc12. The van der Waals surface area contributed by atoms with Crippen LogP contribution in [0.15, 0.2) is 77.8 Å². The van der Waals surface area contributed by atoms with Gasteiger partial charge in [0.25, 0.3) is 0 Å². The highest BCUT2D eigenvalue weighted by atomic mass is 32.2. The van der Waals surface area contributed by atoms with Crippen molar-refractivity contribution in [3.63, 3.8) is 0 Å². The predicted molar refractivity (Wildman–Crippen MR) is 178 cm³/mol. The number of thioether (sulfide) groups is 1. The largest absolute Gasteiger partial charge is 0.497 e. The number of ether oxygens (including phenoxy) is 3. The standard InChI is InChI=1S/C35H41N3O6S/c1-7-43-31(39)21-28-27-13-8-9-14-29(27)36-32(28)45-22-24-12-10-11-23(19-24)20-30(37-34(41)44-35(2,3)4)33(40)38(5)25-15-17-26(42-6)18-16-25/h8-19,30,36H,7,20-22H2,1-6H3,(H,37,41)/t30-/m0/s1. The number of carbonyl (C=O) groups is 3. The van der Waals surface area contributed by atoms with Crippen molar-refractivity contribution in [1.82, 2.24) is 10.3 Å². The summed E-state index contributed by atoms with van der Waals surface area (Å²) in [7, 11) is 3.26. The van der Waals surface area contributed by atoms with Gasteiger partial charge in [-0.25, -0.2) is 4.79 Å². The lowest BCUT2D eigenvalue weighted by molar-refractivity contribution is -0.142. The van der Waals surface area contributed by atoms with Crippen molar-refractivity contribution < 1.29 is 28.6 Å². The summed E-state index contributed by atoms with van der Waals surface area (Å²) >= 11 is 1.60. The molecule has 0 saturated heterocycles. The number of nitrogens with zero attached hydrogens (tertiary/aromatic N) is 1. The third-order valence-electron chi connectivity index (χ3n) is 6.99. The number of H-pyrrole nitrogens is 1. The second kappa shape index (κ2) is 15.0. The fraction of sp³-hybridized carbons (Fsp3) is 0.343. The summed E-state index contributed by atoms with van der Waals surface area (Å²) in [4.78, 5) is 43.9. The Morgan fingerprint density at radius 2 is 1.69 bits per heavy atom. The zero-order chi connectivity index (χ0) is 32.6. The van der Waals surface area contributed by atoms with Gasteiger partial charge in [-0.05, 0) is 69.2 Å². The molecule has 1 atom stereocenters. The Balaban J connectivity index is 1.53. The van der Waals surface area contributed by atoms with Crippen LogP contribution in [0.3, 0.4) is 0 Å². The Morgan fingerprint density at radius 1 is 0.978 bits per heavy atom. The van der Waals surface area contributed by atoms with Crippen LogP contribution in [0.5, 0.6) is 5.75 Å². The number of methoxy groups -OCH3 is 1. The average molecular weight is 632 g/mol. The summed E-state index contributed by atoms with van der Waals surface area (Å²) in [5.41, 5.74) is 3.74. The predicted octanol–water partition coefficient (Wildman–Crippen LogP) is 6.67. The number of carbonyl (C=O) groups excluding carboxylic acids is 3. The number of esters is 1. The van der Waals surface area contributed by atoms with E-state index >= 15 is 0 Å². The van der Waals surface area contributed by atoms with E-state index in [1.165, 1.54) is 4.90 Å². The minimum Gasteiger partial charge on any atom is -0.497 e. The number of rotatable bonds is 12. The summed E-state index contributed by atoms with van der Waals surface area (Å²) in [5, 5.41) is 4.70. The minimum atomic E-state index is -0.875. The molecule has 0 fully saturated rings. The van der Waals surface area contributed by atoms with Crippen LogP contribution in [0.4, 0.5) is 10.5 Å². The first-order valence-electron chi connectivity index (χ1n) is 14.8. The zero-order valence-electron chi connectivity index (χ0n) is 26.6. The molecule has 0 bridgehead atoms. The first kappa shape index (κ1) is 33.5. The van der Waals surface area contributed by atoms with E-state index in [9.17, 15) is 14.4 Å². The first-order valence-corrected chi connectivity index (χ1v) is 15.8. The van der Waals surface area contributed by atoms with Gasteiger partial charge in [0.1, 0.15) is 17.4 Å². The summed E-state index contributed by atoms with van der Waals surface area (Å²) < 4.78 is 16.0. The highest BCUT2D eigenvalue weighted by Gasteiger charge is 2.28. The maximum absolute atomic E-state index is 13.7. The van der Waals surface area contributed by atoms with Crippen LogP contribution in [-0.4, -0.2) is 55.4 Å². The maximum atomic E-state index is 13.7. The molecule has 0 aliphatic carbocycles. The van der Waals surface area contributed by atoms with Crippen molar-refractivity contribution in [2.45, 2.75) is 63.0 Å². The molecule has 0 aliphatic rings. The topological polar surface area (TPSA) is 110 Å². The molecule has 0 aliphatic heterocycles. The number of nitrogens with one attached hydrogen (secondary N) is 2. The van der Waals surface area contributed by atoms with Gasteiger partial charge >= 0.3 is 12.1 Å². The Labute approximate surface area is 268 Å². The van der Waals surface area contributed by atoms with Crippen LogP contribution in [0.2, 0.25) is 0 Å². The van der Waals surface area contributed by atoms with Gasteiger partial charge in [-0.2, -0.15) is 0 Å². The number of likely N-dealkylation sites (N-methyl/N-ethyl adjacent to an activating group) is 1. The number of hydrogen-bond donors (Lipinski definition) is 2. The molecular formula is C35H41N3O6S. The molecule has 45 heavy (non-hydrogen) atoms. The lowest BCUT2D eigenvalue weighted by Gasteiger charge is -2.27. The van der Waals surface area contributed by atoms with Crippen molar-refractivity contribution in [2.75, 3.05) is 25.7 Å². The molecule has 1 aromatic heterocycles. The van der Waals surface area contributed by atoms with Crippen LogP contribution in [0, 0.1) is 0 Å². The molecule has 4 rings (SSSR count). The average Bonchev–Trinajstić information content (AvgIpc) is 3.35. The quantitative estimate of drug-likeness (QED) is 0.133. The highest BCUT2D eigenvalue weighted by Crippen LogP contribution is 2.32. The van der Waals surface area contributed by atoms with Gasteiger partial charge in [0.15, 0.2) is 0 Å². The molecule has 10 heteroatoms. The number of amides is 2. The second-order valence-corrected chi connectivity index (χ2v) is 12.6. The Bertz CT molecular complexity index is 1630. The fourth-order valence-corrected chi connectivity index (χ4v) is 5.91. The van der Waals surface area contributed by atoms with Crippen molar-refractivity contribution >= 4 is 46.3 Å². The number of anilines is 1. The molecule has 0 radical (unpaired) electrons. The van der Waals surface area contributed by atoms with E-state index in [1.807, 2.05) is 48.5 Å². The van der Waals surface area contributed by atoms with Gasteiger partial charge in [0.2, 0.25) is 5.91 Å². The van der Waals surface area contributed by atoms with Crippen molar-refractivity contribution in [1.29, 1.82) is 0 Å². The van der Waals surface area contributed by atoms with Crippen LogP contribution in [0.1, 0.15) is 44.4 Å². The highest BCUT2D eigenvalue weighted by molar-refractivity contribution is 7.98.